The predicted octanol–water partition coefficient (Wildman–Crippen LogP) is 4.61. The molecule has 2 fully saturated rings. The number of rotatable bonds is 9. The quantitative estimate of drug-likeness (QED) is 0.570. The lowest BCUT2D eigenvalue weighted by atomic mass is 9.96. The van der Waals surface area contributed by atoms with Gasteiger partial charge in [0.2, 0.25) is 5.75 Å². The second-order valence-electron chi connectivity index (χ2n) is 8.57. The summed E-state index contributed by atoms with van der Waals surface area (Å²) in [4.78, 5) is 18.1. The number of benzene rings is 1. The zero-order valence-corrected chi connectivity index (χ0v) is 19.7. The van der Waals surface area contributed by atoms with E-state index < -0.39 is 0 Å². The van der Waals surface area contributed by atoms with Crippen LogP contribution in [0.4, 0.5) is 0 Å². The molecule has 1 aromatic carbocycles. The van der Waals surface area contributed by atoms with Gasteiger partial charge in [-0.1, -0.05) is 12.8 Å². The van der Waals surface area contributed by atoms with Gasteiger partial charge >= 0.3 is 0 Å². The van der Waals surface area contributed by atoms with Gasteiger partial charge in [0.1, 0.15) is 0 Å². The van der Waals surface area contributed by atoms with Crippen molar-refractivity contribution in [3.8, 4) is 17.2 Å². The fraction of sp³-hybridized carbons (Fsp3) is 0.720. The molecule has 0 bridgehead atoms. The maximum atomic E-state index is 13.4. The summed E-state index contributed by atoms with van der Waals surface area (Å²) >= 11 is 0. The van der Waals surface area contributed by atoms with E-state index in [4.69, 9.17) is 14.2 Å². The molecule has 3 rings (SSSR count). The molecule has 0 saturated carbocycles. The smallest absolute Gasteiger partial charge is 0.254 e. The van der Waals surface area contributed by atoms with Crippen LogP contribution in [0.1, 0.15) is 69.7 Å². The van der Waals surface area contributed by atoms with Crippen LogP contribution < -0.4 is 14.2 Å². The van der Waals surface area contributed by atoms with Crippen molar-refractivity contribution >= 4 is 5.91 Å². The summed E-state index contributed by atoms with van der Waals surface area (Å²) in [6.45, 7) is 12.5. The van der Waals surface area contributed by atoms with Gasteiger partial charge in [-0.05, 0) is 77.6 Å². The highest BCUT2D eigenvalue weighted by atomic mass is 16.5. The lowest BCUT2D eigenvalue weighted by Crippen LogP contribution is -2.44. The minimum atomic E-state index is 0.0607. The summed E-state index contributed by atoms with van der Waals surface area (Å²) in [5.41, 5.74) is 0.616. The van der Waals surface area contributed by atoms with Crippen LogP contribution in [0, 0.1) is 5.92 Å². The number of nitrogens with zero attached hydrogens (tertiary/aromatic N) is 2. The van der Waals surface area contributed by atoms with Crippen LogP contribution in [-0.4, -0.2) is 68.3 Å². The van der Waals surface area contributed by atoms with E-state index in [9.17, 15) is 4.79 Å². The molecule has 2 saturated heterocycles. The van der Waals surface area contributed by atoms with Gasteiger partial charge < -0.3 is 24.0 Å². The molecular formula is C25H40N2O4. The number of hydrogen-bond acceptors (Lipinski definition) is 5. The summed E-state index contributed by atoms with van der Waals surface area (Å²) in [6.07, 6.45) is 7.60. The molecule has 6 nitrogen and oxygen atoms in total. The Morgan fingerprint density at radius 1 is 0.871 bits per heavy atom. The first-order chi connectivity index (χ1) is 15.2. The number of hydrogen-bond donors (Lipinski definition) is 0. The van der Waals surface area contributed by atoms with Gasteiger partial charge in [-0.15, -0.1) is 0 Å². The third-order valence-electron chi connectivity index (χ3n) is 6.18. The highest BCUT2D eigenvalue weighted by molar-refractivity contribution is 5.95. The van der Waals surface area contributed by atoms with Crippen molar-refractivity contribution in [1.82, 2.24) is 9.80 Å². The third-order valence-corrected chi connectivity index (χ3v) is 6.18. The molecule has 0 aliphatic carbocycles. The molecule has 1 atom stereocenters. The van der Waals surface area contributed by atoms with Crippen molar-refractivity contribution in [1.29, 1.82) is 0 Å². The van der Waals surface area contributed by atoms with Crippen molar-refractivity contribution in [3.63, 3.8) is 0 Å². The number of piperidine rings is 1. The second-order valence-corrected chi connectivity index (χ2v) is 8.57. The molecule has 0 spiro atoms. The maximum absolute atomic E-state index is 13.4. The van der Waals surface area contributed by atoms with E-state index in [-0.39, 0.29) is 5.91 Å². The molecule has 0 aromatic heterocycles. The molecule has 2 heterocycles. The van der Waals surface area contributed by atoms with Gasteiger partial charge in [0.15, 0.2) is 11.5 Å². The van der Waals surface area contributed by atoms with Crippen LogP contribution in [0.15, 0.2) is 12.1 Å². The molecule has 1 amide bonds. The van der Waals surface area contributed by atoms with E-state index >= 15 is 0 Å². The van der Waals surface area contributed by atoms with E-state index in [2.05, 4.69) is 4.90 Å². The molecule has 1 aromatic rings. The van der Waals surface area contributed by atoms with Gasteiger partial charge in [0.25, 0.3) is 5.91 Å². The summed E-state index contributed by atoms with van der Waals surface area (Å²) in [6, 6.07) is 3.63. The maximum Gasteiger partial charge on any atom is 0.254 e. The normalized spacial score (nSPS) is 20.2. The largest absolute Gasteiger partial charge is 0.490 e. The van der Waals surface area contributed by atoms with Gasteiger partial charge in [-0.25, -0.2) is 0 Å². The minimum absolute atomic E-state index is 0.0607. The first kappa shape index (κ1) is 23.7. The van der Waals surface area contributed by atoms with Crippen LogP contribution in [0.5, 0.6) is 17.2 Å². The number of carbonyl (C=O) groups excluding carboxylic acids is 1. The predicted molar refractivity (Wildman–Crippen MR) is 123 cm³/mol. The Labute approximate surface area is 187 Å². The lowest BCUT2D eigenvalue weighted by molar-refractivity contribution is 0.0640. The molecule has 0 N–H and O–H groups in total. The van der Waals surface area contributed by atoms with Gasteiger partial charge in [0.05, 0.1) is 19.8 Å². The Kier molecular flexibility index (Phi) is 9.31. The zero-order chi connectivity index (χ0) is 22.1. The van der Waals surface area contributed by atoms with Crippen LogP contribution in [0.25, 0.3) is 0 Å². The van der Waals surface area contributed by atoms with Crippen LogP contribution in [-0.2, 0) is 0 Å². The summed E-state index contributed by atoms with van der Waals surface area (Å²) in [5.74, 6) is 2.36. The van der Waals surface area contributed by atoms with Crippen molar-refractivity contribution in [3.05, 3.63) is 17.7 Å². The number of amides is 1. The minimum Gasteiger partial charge on any atom is -0.490 e. The van der Waals surface area contributed by atoms with E-state index in [1.807, 2.05) is 37.8 Å². The average molecular weight is 433 g/mol. The number of likely N-dealkylation sites (tertiary alicyclic amines) is 2. The Morgan fingerprint density at radius 3 is 2.06 bits per heavy atom. The fourth-order valence-electron chi connectivity index (χ4n) is 4.78. The van der Waals surface area contributed by atoms with Crippen molar-refractivity contribution < 1.29 is 19.0 Å². The van der Waals surface area contributed by atoms with Gasteiger partial charge in [-0.2, -0.15) is 0 Å². The standard InChI is InChI=1S/C25H40N2O4/c1-4-29-22-16-21(17-23(30-5-2)24(22)31-6-3)25(28)27-15-11-12-20(19-27)18-26-13-9-7-8-10-14-26/h16-17,20H,4-15,18-19H2,1-3H3. The summed E-state index contributed by atoms with van der Waals surface area (Å²) in [7, 11) is 0. The van der Waals surface area contributed by atoms with Crippen LogP contribution >= 0.6 is 0 Å². The summed E-state index contributed by atoms with van der Waals surface area (Å²) < 4.78 is 17.4. The molecular weight excluding hydrogens is 392 g/mol. The Hall–Kier alpha value is -1.95. The molecule has 0 radical (unpaired) electrons. The van der Waals surface area contributed by atoms with Gasteiger partial charge in [-0.3, -0.25) is 4.79 Å². The molecule has 31 heavy (non-hydrogen) atoms. The SMILES string of the molecule is CCOc1cc(C(=O)N2CCCC(CN3CCCCCC3)C2)cc(OCC)c1OCC. The van der Waals surface area contributed by atoms with Crippen molar-refractivity contribution in [2.75, 3.05) is 52.5 Å². The highest BCUT2D eigenvalue weighted by Crippen LogP contribution is 2.39. The summed E-state index contributed by atoms with van der Waals surface area (Å²) in [5, 5.41) is 0. The number of ether oxygens (including phenoxy) is 3. The zero-order valence-electron chi connectivity index (χ0n) is 19.7. The van der Waals surface area contributed by atoms with E-state index in [1.165, 1.54) is 45.2 Å². The van der Waals surface area contributed by atoms with E-state index in [1.54, 1.807) is 0 Å². The first-order valence-corrected chi connectivity index (χ1v) is 12.2. The lowest BCUT2D eigenvalue weighted by Gasteiger charge is -2.35. The van der Waals surface area contributed by atoms with Crippen molar-refractivity contribution in [2.24, 2.45) is 5.92 Å². The first-order valence-electron chi connectivity index (χ1n) is 12.2. The number of carbonyl (C=O) groups is 1. The Balaban J connectivity index is 1.74. The molecule has 174 valence electrons. The molecule has 6 heteroatoms. The fourth-order valence-corrected chi connectivity index (χ4v) is 4.78. The van der Waals surface area contributed by atoms with E-state index in [0.717, 1.165) is 26.1 Å². The Morgan fingerprint density at radius 2 is 1.48 bits per heavy atom. The molecule has 1 unspecified atom stereocenters. The topological polar surface area (TPSA) is 51.2 Å². The Bertz CT molecular complexity index is 674. The average Bonchev–Trinajstić information content (AvgIpc) is 3.04. The van der Waals surface area contributed by atoms with Crippen LogP contribution in [0.2, 0.25) is 0 Å². The van der Waals surface area contributed by atoms with E-state index in [0.29, 0.717) is 48.6 Å². The van der Waals surface area contributed by atoms with Gasteiger partial charge in [0, 0.05) is 25.2 Å². The van der Waals surface area contributed by atoms with Crippen LogP contribution in [0.3, 0.4) is 0 Å². The van der Waals surface area contributed by atoms with Crippen molar-refractivity contribution in [2.45, 2.75) is 59.3 Å². The second kappa shape index (κ2) is 12.2. The monoisotopic (exact) mass is 432 g/mol. The molecule has 2 aliphatic heterocycles. The molecule has 2 aliphatic rings. The highest BCUT2D eigenvalue weighted by Gasteiger charge is 2.28. The third kappa shape index (κ3) is 6.52.